The van der Waals surface area contributed by atoms with Crippen LogP contribution in [0.3, 0.4) is 0 Å². The Balaban J connectivity index is 1.35. The molecule has 0 aliphatic heterocycles. The third-order valence-electron chi connectivity index (χ3n) is 4.02. The number of carbonyl (C=O) groups is 1. The van der Waals surface area contributed by atoms with Gasteiger partial charge in [0, 0.05) is 37.6 Å². The first-order valence-corrected chi connectivity index (χ1v) is 8.96. The summed E-state index contributed by atoms with van der Waals surface area (Å²) in [7, 11) is 0. The standard InChI is InChI=1S/C22H23N3O2/c26-22(25-16-18-10-13-23-14-11-18)12-15-24-20-6-8-21(9-7-20)27-17-19-4-2-1-3-5-19/h1-11,13-14,24H,12,15-17H2,(H,25,26). The SMILES string of the molecule is O=C(CCNc1ccc(OCc2ccccc2)cc1)NCc1ccncc1. The van der Waals surface area contributed by atoms with Gasteiger partial charge in [-0.05, 0) is 47.5 Å². The summed E-state index contributed by atoms with van der Waals surface area (Å²) < 4.78 is 5.77. The molecule has 1 amide bonds. The highest BCUT2D eigenvalue weighted by Gasteiger charge is 2.02. The smallest absolute Gasteiger partial charge is 0.222 e. The maximum absolute atomic E-state index is 11.9. The molecule has 1 aromatic heterocycles. The first kappa shape index (κ1) is 18.5. The molecule has 0 atom stereocenters. The van der Waals surface area contributed by atoms with Gasteiger partial charge in [-0.2, -0.15) is 0 Å². The summed E-state index contributed by atoms with van der Waals surface area (Å²) in [4.78, 5) is 15.9. The predicted molar refractivity (Wildman–Crippen MR) is 106 cm³/mol. The van der Waals surface area contributed by atoms with Crippen molar-refractivity contribution in [2.45, 2.75) is 19.6 Å². The molecule has 0 fully saturated rings. The van der Waals surface area contributed by atoms with Gasteiger partial charge in [-0.25, -0.2) is 0 Å². The van der Waals surface area contributed by atoms with Gasteiger partial charge in [0.2, 0.25) is 5.91 Å². The fraction of sp³-hybridized carbons (Fsp3) is 0.182. The lowest BCUT2D eigenvalue weighted by molar-refractivity contribution is -0.121. The molecular formula is C22H23N3O2. The largest absolute Gasteiger partial charge is 0.489 e. The molecule has 138 valence electrons. The molecular weight excluding hydrogens is 338 g/mol. The van der Waals surface area contributed by atoms with Crippen LogP contribution in [0.25, 0.3) is 0 Å². The van der Waals surface area contributed by atoms with E-state index in [1.54, 1.807) is 12.4 Å². The first-order valence-electron chi connectivity index (χ1n) is 8.96. The molecule has 0 aliphatic carbocycles. The van der Waals surface area contributed by atoms with Gasteiger partial charge >= 0.3 is 0 Å². The molecule has 0 aliphatic rings. The Labute approximate surface area is 159 Å². The molecule has 0 spiro atoms. The minimum atomic E-state index is 0.0159. The number of nitrogens with zero attached hydrogens (tertiary/aromatic N) is 1. The average Bonchev–Trinajstić information content (AvgIpc) is 2.73. The zero-order chi connectivity index (χ0) is 18.7. The number of pyridine rings is 1. The van der Waals surface area contributed by atoms with Crippen LogP contribution in [0.15, 0.2) is 79.1 Å². The Hall–Kier alpha value is -3.34. The van der Waals surface area contributed by atoms with Crippen molar-refractivity contribution in [3.8, 4) is 5.75 Å². The number of amides is 1. The Morgan fingerprint density at radius 2 is 1.63 bits per heavy atom. The van der Waals surface area contributed by atoms with Crippen molar-refractivity contribution in [1.29, 1.82) is 0 Å². The Morgan fingerprint density at radius 1 is 0.889 bits per heavy atom. The molecule has 0 saturated carbocycles. The highest BCUT2D eigenvalue weighted by atomic mass is 16.5. The van der Waals surface area contributed by atoms with E-state index in [9.17, 15) is 4.79 Å². The molecule has 2 aromatic carbocycles. The van der Waals surface area contributed by atoms with Gasteiger partial charge in [-0.3, -0.25) is 9.78 Å². The van der Waals surface area contributed by atoms with Gasteiger partial charge in [0.1, 0.15) is 12.4 Å². The average molecular weight is 361 g/mol. The molecule has 5 nitrogen and oxygen atoms in total. The second-order valence-corrected chi connectivity index (χ2v) is 6.11. The second kappa shape index (κ2) is 9.97. The maximum atomic E-state index is 11.9. The van der Waals surface area contributed by atoms with Gasteiger partial charge < -0.3 is 15.4 Å². The van der Waals surface area contributed by atoms with Crippen LogP contribution < -0.4 is 15.4 Å². The summed E-state index contributed by atoms with van der Waals surface area (Å²) in [5, 5.41) is 6.15. The van der Waals surface area contributed by atoms with E-state index in [1.165, 1.54) is 0 Å². The van der Waals surface area contributed by atoms with Crippen molar-refractivity contribution in [3.63, 3.8) is 0 Å². The molecule has 1 heterocycles. The van der Waals surface area contributed by atoms with Gasteiger partial charge in [0.25, 0.3) is 0 Å². The van der Waals surface area contributed by atoms with Gasteiger partial charge in [-0.1, -0.05) is 30.3 Å². The maximum Gasteiger partial charge on any atom is 0.222 e. The summed E-state index contributed by atoms with van der Waals surface area (Å²) in [5.41, 5.74) is 3.14. The van der Waals surface area contributed by atoms with E-state index in [1.807, 2.05) is 66.7 Å². The van der Waals surface area contributed by atoms with Gasteiger partial charge in [-0.15, -0.1) is 0 Å². The van der Waals surface area contributed by atoms with Crippen molar-refractivity contribution >= 4 is 11.6 Å². The first-order chi connectivity index (χ1) is 13.3. The number of carbonyl (C=O) groups excluding carboxylic acids is 1. The number of ether oxygens (including phenoxy) is 1. The fourth-order valence-corrected chi connectivity index (χ4v) is 2.52. The number of anilines is 1. The molecule has 27 heavy (non-hydrogen) atoms. The zero-order valence-corrected chi connectivity index (χ0v) is 15.1. The summed E-state index contributed by atoms with van der Waals surface area (Å²) >= 11 is 0. The van der Waals surface area contributed by atoms with Crippen LogP contribution in [0.4, 0.5) is 5.69 Å². The van der Waals surface area contributed by atoms with Crippen LogP contribution in [0.1, 0.15) is 17.5 Å². The van der Waals surface area contributed by atoms with E-state index >= 15 is 0 Å². The van der Waals surface area contributed by atoms with E-state index in [0.717, 1.165) is 22.6 Å². The molecule has 0 unspecified atom stereocenters. The number of rotatable bonds is 9. The van der Waals surface area contributed by atoms with Crippen molar-refractivity contribution in [1.82, 2.24) is 10.3 Å². The van der Waals surface area contributed by atoms with E-state index in [-0.39, 0.29) is 5.91 Å². The molecule has 0 saturated heterocycles. The van der Waals surface area contributed by atoms with E-state index in [2.05, 4.69) is 15.6 Å². The quantitative estimate of drug-likeness (QED) is 0.609. The van der Waals surface area contributed by atoms with Crippen LogP contribution in [0, 0.1) is 0 Å². The predicted octanol–water partition coefficient (Wildman–Crippen LogP) is 3.78. The Morgan fingerprint density at radius 3 is 2.37 bits per heavy atom. The fourth-order valence-electron chi connectivity index (χ4n) is 2.52. The monoisotopic (exact) mass is 361 g/mol. The summed E-state index contributed by atoms with van der Waals surface area (Å²) in [6.45, 7) is 1.65. The number of benzene rings is 2. The van der Waals surface area contributed by atoms with Crippen LogP contribution in [0.2, 0.25) is 0 Å². The third kappa shape index (κ3) is 6.47. The number of hydrogen-bond acceptors (Lipinski definition) is 4. The molecule has 0 radical (unpaired) electrons. The van der Waals surface area contributed by atoms with Crippen LogP contribution in [-0.2, 0) is 17.9 Å². The lowest BCUT2D eigenvalue weighted by atomic mass is 10.2. The lowest BCUT2D eigenvalue weighted by Gasteiger charge is -2.09. The molecule has 5 heteroatoms. The lowest BCUT2D eigenvalue weighted by Crippen LogP contribution is -2.24. The topological polar surface area (TPSA) is 63.2 Å². The molecule has 0 bridgehead atoms. The van der Waals surface area contributed by atoms with Crippen LogP contribution >= 0.6 is 0 Å². The highest BCUT2D eigenvalue weighted by Crippen LogP contribution is 2.17. The van der Waals surface area contributed by atoms with Gasteiger partial charge in [0.15, 0.2) is 0 Å². The molecule has 3 aromatic rings. The van der Waals surface area contributed by atoms with Crippen LogP contribution in [0.5, 0.6) is 5.75 Å². The Bertz CT molecular complexity index is 821. The van der Waals surface area contributed by atoms with E-state index < -0.39 is 0 Å². The summed E-state index contributed by atoms with van der Waals surface area (Å²) in [5.74, 6) is 0.835. The number of hydrogen-bond donors (Lipinski definition) is 2. The zero-order valence-electron chi connectivity index (χ0n) is 15.1. The van der Waals surface area contributed by atoms with Crippen molar-refractivity contribution in [3.05, 3.63) is 90.3 Å². The van der Waals surface area contributed by atoms with Crippen molar-refractivity contribution in [2.24, 2.45) is 0 Å². The second-order valence-electron chi connectivity index (χ2n) is 6.11. The summed E-state index contributed by atoms with van der Waals surface area (Å²) in [6, 6.07) is 21.6. The van der Waals surface area contributed by atoms with Gasteiger partial charge in [0.05, 0.1) is 0 Å². The van der Waals surface area contributed by atoms with E-state index in [4.69, 9.17) is 4.74 Å². The summed E-state index contributed by atoms with van der Waals surface area (Å²) in [6.07, 6.45) is 3.85. The minimum Gasteiger partial charge on any atom is -0.489 e. The Kier molecular flexibility index (Phi) is 6.81. The minimum absolute atomic E-state index is 0.0159. The number of nitrogens with one attached hydrogen (secondary N) is 2. The molecule has 2 N–H and O–H groups in total. The van der Waals surface area contributed by atoms with E-state index in [0.29, 0.717) is 26.1 Å². The van der Waals surface area contributed by atoms with Crippen molar-refractivity contribution in [2.75, 3.05) is 11.9 Å². The number of aromatic nitrogens is 1. The highest BCUT2D eigenvalue weighted by molar-refractivity contribution is 5.76. The third-order valence-corrected chi connectivity index (χ3v) is 4.02. The molecule has 3 rings (SSSR count). The normalized spacial score (nSPS) is 10.2. The van der Waals surface area contributed by atoms with Crippen LogP contribution in [-0.4, -0.2) is 17.4 Å². The van der Waals surface area contributed by atoms with Crippen molar-refractivity contribution < 1.29 is 9.53 Å².